The number of hydrazine groups is 1. The Kier molecular flexibility index (Phi) is 5.27. The number of alkyl halides is 3. The van der Waals surface area contributed by atoms with E-state index in [0.29, 0.717) is 11.5 Å². The van der Waals surface area contributed by atoms with Gasteiger partial charge in [-0.1, -0.05) is 31.7 Å². The lowest BCUT2D eigenvalue weighted by atomic mass is 9.85. The van der Waals surface area contributed by atoms with Gasteiger partial charge in [-0.05, 0) is 48.9 Å². The third-order valence-electron chi connectivity index (χ3n) is 4.48. The Bertz CT molecular complexity index is 463. The first-order valence-corrected chi connectivity index (χ1v) is 7.57. The molecule has 21 heavy (non-hydrogen) atoms. The number of rotatable bonds is 3. The molecular formula is C16H23F3N2. The van der Waals surface area contributed by atoms with E-state index in [1.807, 2.05) is 0 Å². The average Bonchev–Trinajstić information content (AvgIpc) is 2.69. The Morgan fingerprint density at radius 2 is 1.76 bits per heavy atom. The average molecular weight is 300 g/mol. The fraction of sp³-hybridized carbons (Fsp3) is 0.625. The predicted molar refractivity (Wildman–Crippen MR) is 77.4 cm³/mol. The monoisotopic (exact) mass is 300 g/mol. The van der Waals surface area contributed by atoms with Gasteiger partial charge in [0.1, 0.15) is 0 Å². The normalized spacial score (nSPS) is 19.3. The molecule has 0 aliphatic heterocycles. The highest BCUT2D eigenvalue weighted by molar-refractivity contribution is 5.35. The van der Waals surface area contributed by atoms with Crippen molar-refractivity contribution in [3.05, 3.63) is 34.9 Å². The fourth-order valence-electron chi connectivity index (χ4n) is 3.33. The first-order chi connectivity index (χ1) is 9.93. The van der Waals surface area contributed by atoms with Gasteiger partial charge in [-0.25, -0.2) is 0 Å². The first kappa shape index (κ1) is 16.3. The van der Waals surface area contributed by atoms with Crippen molar-refractivity contribution in [3.63, 3.8) is 0 Å². The summed E-state index contributed by atoms with van der Waals surface area (Å²) in [6.07, 6.45) is 2.67. The van der Waals surface area contributed by atoms with Crippen molar-refractivity contribution < 1.29 is 13.2 Å². The molecule has 0 saturated heterocycles. The summed E-state index contributed by atoms with van der Waals surface area (Å²) in [5, 5.41) is 0. The van der Waals surface area contributed by atoms with E-state index in [1.165, 1.54) is 31.7 Å². The van der Waals surface area contributed by atoms with Gasteiger partial charge in [0.15, 0.2) is 0 Å². The smallest absolute Gasteiger partial charge is 0.271 e. The van der Waals surface area contributed by atoms with Gasteiger partial charge in [-0.3, -0.25) is 11.3 Å². The molecule has 1 saturated carbocycles. The van der Waals surface area contributed by atoms with Crippen LogP contribution in [0.5, 0.6) is 0 Å². The molecule has 118 valence electrons. The zero-order valence-electron chi connectivity index (χ0n) is 12.3. The second kappa shape index (κ2) is 6.79. The van der Waals surface area contributed by atoms with Crippen LogP contribution < -0.4 is 11.3 Å². The van der Waals surface area contributed by atoms with Crippen LogP contribution in [0.15, 0.2) is 18.2 Å². The summed E-state index contributed by atoms with van der Waals surface area (Å²) in [4.78, 5) is 0. The molecule has 1 aromatic carbocycles. The molecule has 2 rings (SSSR count). The Balaban J connectivity index is 2.25. The molecule has 0 spiro atoms. The van der Waals surface area contributed by atoms with Crippen molar-refractivity contribution in [1.29, 1.82) is 0 Å². The number of benzene rings is 1. The van der Waals surface area contributed by atoms with Gasteiger partial charge in [0.05, 0.1) is 5.56 Å². The molecule has 1 fully saturated rings. The van der Waals surface area contributed by atoms with Gasteiger partial charge in [0, 0.05) is 6.04 Å². The van der Waals surface area contributed by atoms with E-state index >= 15 is 0 Å². The summed E-state index contributed by atoms with van der Waals surface area (Å²) in [7, 11) is 0. The largest absolute Gasteiger partial charge is 0.416 e. The molecule has 0 amide bonds. The zero-order valence-corrected chi connectivity index (χ0v) is 12.3. The van der Waals surface area contributed by atoms with Gasteiger partial charge in [0.2, 0.25) is 0 Å². The molecule has 0 heterocycles. The van der Waals surface area contributed by atoms with Crippen molar-refractivity contribution in [2.75, 3.05) is 0 Å². The summed E-state index contributed by atoms with van der Waals surface area (Å²) in [5.41, 5.74) is 3.77. The topological polar surface area (TPSA) is 38.0 Å². The van der Waals surface area contributed by atoms with Gasteiger partial charge in [-0.2, -0.15) is 13.2 Å². The number of aryl methyl sites for hydroxylation is 1. The second-order valence-corrected chi connectivity index (χ2v) is 5.97. The molecule has 2 nitrogen and oxygen atoms in total. The van der Waals surface area contributed by atoms with Gasteiger partial charge >= 0.3 is 6.18 Å². The third-order valence-corrected chi connectivity index (χ3v) is 4.48. The lowest BCUT2D eigenvalue weighted by Crippen LogP contribution is -2.34. The van der Waals surface area contributed by atoms with E-state index in [9.17, 15) is 13.2 Å². The van der Waals surface area contributed by atoms with Gasteiger partial charge in [0.25, 0.3) is 0 Å². The van der Waals surface area contributed by atoms with Crippen LogP contribution in [0, 0.1) is 12.8 Å². The van der Waals surface area contributed by atoms with E-state index in [-0.39, 0.29) is 6.04 Å². The summed E-state index contributed by atoms with van der Waals surface area (Å²) < 4.78 is 38.3. The number of nitrogens with one attached hydrogen (secondary N) is 1. The van der Waals surface area contributed by atoms with E-state index in [1.54, 1.807) is 13.0 Å². The summed E-state index contributed by atoms with van der Waals surface area (Å²) >= 11 is 0. The van der Waals surface area contributed by atoms with Gasteiger partial charge in [-0.15, -0.1) is 0 Å². The van der Waals surface area contributed by atoms with Crippen LogP contribution in [0.1, 0.15) is 61.3 Å². The number of hydrogen-bond acceptors (Lipinski definition) is 2. The molecule has 0 bridgehead atoms. The molecular weight excluding hydrogens is 277 g/mol. The Morgan fingerprint density at radius 1 is 1.14 bits per heavy atom. The zero-order chi connectivity index (χ0) is 15.5. The van der Waals surface area contributed by atoms with Crippen LogP contribution >= 0.6 is 0 Å². The maximum atomic E-state index is 12.8. The molecule has 1 atom stereocenters. The Morgan fingerprint density at radius 3 is 2.24 bits per heavy atom. The maximum absolute atomic E-state index is 12.8. The Hall–Kier alpha value is -1.07. The highest BCUT2D eigenvalue weighted by Gasteiger charge is 2.32. The van der Waals surface area contributed by atoms with Crippen molar-refractivity contribution >= 4 is 0 Å². The maximum Gasteiger partial charge on any atom is 0.416 e. The third kappa shape index (κ3) is 3.98. The van der Waals surface area contributed by atoms with E-state index in [0.717, 1.165) is 24.5 Å². The van der Waals surface area contributed by atoms with Crippen LogP contribution in [-0.2, 0) is 6.18 Å². The second-order valence-electron chi connectivity index (χ2n) is 5.97. The van der Waals surface area contributed by atoms with Crippen molar-refractivity contribution in [1.82, 2.24) is 5.43 Å². The van der Waals surface area contributed by atoms with Crippen molar-refractivity contribution in [3.8, 4) is 0 Å². The van der Waals surface area contributed by atoms with E-state index in [2.05, 4.69) is 5.43 Å². The quantitative estimate of drug-likeness (QED) is 0.490. The lowest BCUT2D eigenvalue weighted by molar-refractivity contribution is -0.137. The van der Waals surface area contributed by atoms with E-state index < -0.39 is 11.7 Å². The Labute approximate surface area is 123 Å². The summed E-state index contributed by atoms with van der Waals surface area (Å²) in [6, 6.07) is 3.89. The fourth-order valence-corrected chi connectivity index (χ4v) is 3.33. The highest BCUT2D eigenvalue weighted by atomic mass is 19.4. The van der Waals surface area contributed by atoms with Crippen LogP contribution in [0.4, 0.5) is 13.2 Å². The molecule has 5 heteroatoms. The molecule has 0 aromatic heterocycles. The number of halogens is 3. The van der Waals surface area contributed by atoms with Crippen LogP contribution in [0.2, 0.25) is 0 Å². The predicted octanol–water partition coefficient (Wildman–Crippen LogP) is 4.49. The summed E-state index contributed by atoms with van der Waals surface area (Å²) in [5.74, 6) is 6.10. The van der Waals surface area contributed by atoms with Crippen molar-refractivity contribution in [2.24, 2.45) is 11.8 Å². The first-order valence-electron chi connectivity index (χ1n) is 7.57. The molecule has 3 N–H and O–H groups in total. The number of nitrogens with two attached hydrogens (primary N) is 1. The van der Waals surface area contributed by atoms with Gasteiger partial charge < -0.3 is 0 Å². The van der Waals surface area contributed by atoms with Crippen LogP contribution in [0.3, 0.4) is 0 Å². The molecule has 1 aromatic rings. The van der Waals surface area contributed by atoms with E-state index in [4.69, 9.17) is 5.84 Å². The standard InChI is InChI=1S/C16H23F3N2/c1-11-10-13(16(17,18)19)8-9-14(11)15(21-20)12-6-4-2-3-5-7-12/h8-10,12,15,21H,2-7,20H2,1H3. The molecule has 1 aliphatic carbocycles. The van der Waals surface area contributed by atoms with Crippen LogP contribution in [-0.4, -0.2) is 0 Å². The molecule has 1 unspecified atom stereocenters. The minimum absolute atomic E-state index is 0.0645. The van der Waals surface area contributed by atoms with Crippen LogP contribution in [0.25, 0.3) is 0 Å². The lowest BCUT2D eigenvalue weighted by Gasteiger charge is -2.27. The minimum Gasteiger partial charge on any atom is -0.271 e. The van der Waals surface area contributed by atoms with Crippen molar-refractivity contribution in [2.45, 2.75) is 57.7 Å². The summed E-state index contributed by atoms with van der Waals surface area (Å²) in [6.45, 7) is 1.73. The minimum atomic E-state index is -4.29. The highest BCUT2D eigenvalue weighted by Crippen LogP contribution is 2.36. The molecule has 0 radical (unpaired) electrons. The SMILES string of the molecule is Cc1cc(C(F)(F)F)ccc1C(NN)C1CCCCCC1. The number of hydrogen-bond donors (Lipinski definition) is 2. The molecule has 1 aliphatic rings.